The summed E-state index contributed by atoms with van der Waals surface area (Å²) >= 11 is 0. The zero-order valence-corrected chi connectivity index (χ0v) is 16.9. The quantitative estimate of drug-likeness (QED) is 0.384. The highest BCUT2D eigenvalue weighted by Crippen LogP contribution is 2.22. The molecule has 0 saturated heterocycles. The summed E-state index contributed by atoms with van der Waals surface area (Å²) in [6.45, 7) is 3.75. The Labute approximate surface area is 177 Å². The number of carboxylic acids is 1. The maximum atomic E-state index is 12.6. The second-order valence-corrected chi connectivity index (χ2v) is 6.97. The van der Waals surface area contributed by atoms with Gasteiger partial charge in [0.25, 0.3) is 5.91 Å². The second-order valence-electron chi connectivity index (χ2n) is 6.97. The molecule has 1 aromatic carbocycles. The maximum Gasteiger partial charge on any atom is 0.337 e. The van der Waals surface area contributed by atoms with E-state index in [9.17, 15) is 14.7 Å². The molecule has 3 heterocycles. The Kier molecular flexibility index (Phi) is 5.28. The molecule has 0 aliphatic heterocycles. The topological polar surface area (TPSA) is 109 Å². The lowest BCUT2D eigenvalue weighted by atomic mass is 10.1. The smallest absolute Gasteiger partial charge is 0.337 e. The predicted octanol–water partition coefficient (Wildman–Crippen LogP) is 3.50. The highest BCUT2D eigenvalue weighted by atomic mass is 16.4. The molecule has 0 fully saturated rings. The minimum atomic E-state index is -1.07. The number of nitrogens with zero attached hydrogens (tertiary/aromatic N) is 4. The molecule has 0 atom stereocenters. The summed E-state index contributed by atoms with van der Waals surface area (Å²) in [5, 5.41) is 14.4. The van der Waals surface area contributed by atoms with Crippen LogP contribution < -0.4 is 5.43 Å². The van der Waals surface area contributed by atoms with E-state index in [4.69, 9.17) is 0 Å². The van der Waals surface area contributed by atoms with Crippen molar-refractivity contribution in [1.29, 1.82) is 0 Å². The summed E-state index contributed by atoms with van der Waals surface area (Å²) < 4.78 is 1.80. The summed E-state index contributed by atoms with van der Waals surface area (Å²) in [6.07, 6.45) is 3.09. The van der Waals surface area contributed by atoms with E-state index in [0.717, 1.165) is 16.8 Å². The number of fused-ring (bicyclic) bond motifs is 1. The Bertz CT molecular complexity index is 1320. The summed E-state index contributed by atoms with van der Waals surface area (Å²) in [4.78, 5) is 32.9. The first-order valence-corrected chi connectivity index (χ1v) is 9.52. The normalized spacial score (nSPS) is 11.2. The lowest BCUT2D eigenvalue weighted by Gasteiger charge is -2.14. The van der Waals surface area contributed by atoms with Gasteiger partial charge < -0.3 is 9.67 Å². The van der Waals surface area contributed by atoms with Crippen molar-refractivity contribution in [3.05, 3.63) is 89.0 Å². The average molecular weight is 413 g/mol. The molecule has 1 amide bonds. The van der Waals surface area contributed by atoms with Gasteiger partial charge in [0.1, 0.15) is 0 Å². The molecule has 31 heavy (non-hydrogen) atoms. The molecule has 4 aromatic rings. The van der Waals surface area contributed by atoms with Gasteiger partial charge in [-0.05, 0) is 68.4 Å². The first kappa shape index (κ1) is 20.0. The number of nitrogens with one attached hydrogen (secondary N) is 1. The molecule has 2 N–H and O–H groups in total. The van der Waals surface area contributed by atoms with E-state index in [2.05, 4.69) is 20.5 Å². The van der Waals surface area contributed by atoms with E-state index in [0.29, 0.717) is 17.0 Å². The van der Waals surface area contributed by atoms with Gasteiger partial charge in [-0.2, -0.15) is 5.10 Å². The number of hydrogen-bond donors (Lipinski definition) is 2. The number of aromatic nitrogens is 3. The van der Waals surface area contributed by atoms with Gasteiger partial charge in [0.05, 0.1) is 23.2 Å². The SMILES string of the molecule is Cc1ccc(C)n1-c1cc(C(=O)N/N=C/c2ccc3cccnc3n2)ccc1C(=O)O. The zero-order chi connectivity index (χ0) is 22.0. The third-order valence-corrected chi connectivity index (χ3v) is 4.85. The summed E-state index contributed by atoms with van der Waals surface area (Å²) in [6, 6.07) is 15.6. The van der Waals surface area contributed by atoms with Gasteiger partial charge >= 0.3 is 5.97 Å². The molecule has 0 aliphatic rings. The van der Waals surface area contributed by atoms with Crippen molar-refractivity contribution in [3.63, 3.8) is 0 Å². The highest BCUT2D eigenvalue weighted by molar-refractivity contribution is 5.98. The molecule has 8 nitrogen and oxygen atoms in total. The van der Waals surface area contributed by atoms with E-state index < -0.39 is 11.9 Å². The van der Waals surface area contributed by atoms with Gasteiger partial charge in [0.2, 0.25) is 0 Å². The molecule has 3 aromatic heterocycles. The van der Waals surface area contributed by atoms with Crippen LogP contribution in [0.15, 0.2) is 65.9 Å². The maximum absolute atomic E-state index is 12.6. The fraction of sp³-hybridized carbons (Fsp3) is 0.0870. The fourth-order valence-electron chi connectivity index (χ4n) is 3.35. The van der Waals surface area contributed by atoms with Crippen LogP contribution in [0.1, 0.15) is 37.8 Å². The number of aromatic carboxylic acids is 1. The van der Waals surface area contributed by atoms with E-state index in [1.54, 1.807) is 22.9 Å². The van der Waals surface area contributed by atoms with E-state index >= 15 is 0 Å². The Morgan fingerprint density at radius 1 is 1.06 bits per heavy atom. The second kappa shape index (κ2) is 8.19. The number of hydrazone groups is 1. The Morgan fingerprint density at radius 3 is 2.58 bits per heavy atom. The average Bonchev–Trinajstić information content (AvgIpc) is 3.10. The Balaban J connectivity index is 1.59. The molecule has 0 aliphatic carbocycles. The van der Waals surface area contributed by atoms with Gasteiger partial charge in [-0.15, -0.1) is 0 Å². The first-order chi connectivity index (χ1) is 14.9. The van der Waals surface area contributed by atoms with Crippen LogP contribution in [0, 0.1) is 13.8 Å². The molecule has 4 rings (SSSR count). The number of carboxylic acid groups (broad SMARTS) is 1. The van der Waals surface area contributed by atoms with Gasteiger partial charge in [-0.25, -0.2) is 20.2 Å². The van der Waals surface area contributed by atoms with Crippen LogP contribution in [-0.4, -0.2) is 37.7 Å². The van der Waals surface area contributed by atoms with Crippen LogP contribution in [0.25, 0.3) is 16.7 Å². The molecular formula is C23H19N5O3. The number of amides is 1. The molecule has 0 saturated carbocycles. The Morgan fingerprint density at radius 2 is 1.84 bits per heavy atom. The highest BCUT2D eigenvalue weighted by Gasteiger charge is 2.17. The molecular weight excluding hydrogens is 394 g/mol. The van der Waals surface area contributed by atoms with Crippen molar-refractivity contribution < 1.29 is 14.7 Å². The van der Waals surface area contributed by atoms with Crippen molar-refractivity contribution in [2.24, 2.45) is 5.10 Å². The molecule has 154 valence electrons. The minimum absolute atomic E-state index is 0.107. The standard InChI is InChI=1S/C23H19N5O3/c1-14-5-6-15(2)28(14)20-12-17(8-10-19(20)23(30)31)22(29)27-25-13-18-9-7-16-4-3-11-24-21(16)26-18/h3-13H,1-2H3,(H,27,29)(H,30,31)/b25-13+. The number of benzene rings is 1. The van der Waals surface area contributed by atoms with Crippen LogP contribution in [0.5, 0.6) is 0 Å². The number of carbonyl (C=O) groups is 2. The van der Waals surface area contributed by atoms with Crippen molar-refractivity contribution in [3.8, 4) is 5.69 Å². The number of aryl methyl sites for hydroxylation is 2. The predicted molar refractivity (Wildman–Crippen MR) is 117 cm³/mol. The largest absolute Gasteiger partial charge is 0.478 e. The first-order valence-electron chi connectivity index (χ1n) is 9.52. The number of pyridine rings is 2. The van der Waals surface area contributed by atoms with Crippen LogP contribution in [-0.2, 0) is 0 Å². The molecule has 0 bridgehead atoms. The molecule has 0 spiro atoms. The number of carbonyl (C=O) groups excluding carboxylic acids is 1. The molecule has 8 heteroatoms. The monoisotopic (exact) mass is 413 g/mol. The van der Waals surface area contributed by atoms with Crippen molar-refractivity contribution in [2.75, 3.05) is 0 Å². The zero-order valence-electron chi connectivity index (χ0n) is 16.9. The van der Waals surface area contributed by atoms with Gasteiger partial charge in [-0.1, -0.05) is 0 Å². The lowest BCUT2D eigenvalue weighted by Crippen LogP contribution is -2.19. The van der Waals surface area contributed by atoms with Crippen molar-refractivity contribution in [1.82, 2.24) is 20.0 Å². The van der Waals surface area contributed by atoms with Crippen molar-refractivity contribution >= 4 is 29.1 Å². The third kappa shape index (κ3) is 4.04. The van der Waals surface area contributed by atoms with E-state index in [1.807, 2.05) is 44.2 Å². The van der Waals surface area contributed by atoms with Gasteiger partial charge in [0, 0.05) is 28.5 Å². The summed E-state index contributed by atoms with van der Waals surface area (Å²) in [7, 11) is 0. The summed E-state index contributed by atoms with van der Waals surface area (Å²) in [5.41, 5.74) is 6.15. The van der Waals surface area contributed by atoms with Crippen LogP contribution >= 0.6 is 0 Å². The third-order valence-electron chi connectivity index (χ3n) is 4.85. The minimum Gasteiger partial charge on any atom is -0.478 e. The van der Waals surface area contributed by atoms with Crippen LogP contribution in [0.2, 0.25) is 0 Å². The van der Waals surface area contributed by atoms with Crippen LogP contribution in [0.4, 0.5) is 0 Å². The van der Waals surface area contributed by atoms with Crippen molar-refractivity contribution in [2.45, 2.75) is 13.8 Å². The fourth-order valence-corrected chi connectivity index (χ4v) is 3.35. The van der Waals surface area contributed by atoms with E-state index in [1.165, 1.54) is 18.3 Å². The lowest BCUT2D eigenvalue weighted by molar-refractivity contribution is 0.0696. The van der Waals surface area contributed by atoms with Gasteiger partial charge in [0.15, 0.2) is 5.65 Å². The number of rotatable bonds is 5. The number of hydrogen-bond acceptors (Lipinski definition) is 5. The van der Waals surface area contributed by atoms with Gasteiger partial charge in [-0.3, -0.25) is 4.79 Å². The Hall–Kier alpha value is -4.33. The summed E-state index contributed by atoms with van der Waals surface area (Å²) in [5.74, 6) is -1.53. The molecule has 0 radical (unpaired) electrons. The van der Waals surface area contributed by atoms with E-state index in [-0.39, 0.29) is 11.1 Å². The molecule has 0 unspecified atom stereocenters. The van der Waals surface area contributed by atoms with Crippen LogP contribution in [0.3, 0.4) is 0 Å².